The second kappa shape index (κ2) is 4.10. The third-order valence-electron chi connectivity index (χ3n) is 3.05. The van der Waals surface area contributed by atoms with Crippen molar-refractivity contribution in [3.63, 3.8) is 0 Å². The summed E-state index contributed by atoms with van der Waals surface area (Å²) in [5, 5.41) is 11.3. The predicted molar refractivity (Wildman–Crippen MR) is 75.4 cm³/mol. The maximum absolute atomic E-state index is 10.7. The number of aryl methyl sites for hydroxylation is 1. The van der Waals surface area contributed by atoms with Gasteiger partial charge < -0.3 is 5.11 Å². The van der Waals surface area contributed by atoms with Gasteiger partial charge in [-0.15, -0.1) is 11.3 Å². The van der Waals surface area contributed by atoms with Crippen LogP contribution in [0, 0.1) is 6.92 Å². The lowest BCUT2D eigenvalue weighted by Crippen LogP contribution is -1.99. The van der Waals surface area contributed by atoms with E-state index in [1.165, 1.54) is 21.0 Å². The molecule has 2 nitrogen and oxygen atoms in total. The summed E-state index contributed by atoms with van der Waals surface area (Å²) in [5.74, 6) is -0.786. The molecule has 0 fully saturated rings. The topological polar surface area (TPSA) is 37.3 Å². The fraction of sp³-hybridized carbons (Fsp3) is 0.133. The third kappa shape index (κ3) is 1.87. The second-order valence-corrected chi connectivity index (χ2v) is 5.59. The van der Waals surface area contributed by atoms with Crippen molar-refractivity contribution in [2.24, 2.45) is 0 Å². The van der Waals surface area contributed by atoms with E-state index in [-0.39, 0.29) is 6.42 Å². The molecule has 0 amide bonds. The largest absolute Gasteiger partial charge is 0.481 e. The van der Waals surface area contributed by atoms with Gasteiger partial charge in [-0.1, -0.05) is 24.3 Å². The highest BCUT2D eigenvalue weighted by molar-refractivity contribution is 7.25. The van der Waals surface area contributed by atoms with Crippen LogP contribution in [0.1, 0.15) is 11.1 Å². The van der Waals surface area contributed by atoms with Crippen LogP contribution in [0.4, 0.5) is 0 Å². The molecular formula is C15H12O2S. The number of carbonyl (C=O) groups is 1. The number of carboxylic acids is 1. The summed E-state index contributed by atoms with van der Waals surface area (Å²) in [7, 11) is 0. The number of carboxylic acid groups (broad SMARTS) is 1. The van der Waals surface area contributed by atoms with Gasteiger partial charge in [0.05, 0.1) is 6.42 Å². The van der Waals surface area contributed by atoms with Crippen LogP contribution in [0.15, 0.2) is 36.4 Å². The Morgan fingerprint density at radius 1 is 1.11 bits per heavy atom. The Labute approximate surface area is 108 Å². The average Bonchev–Trinajstić information content (AvgIpc) is 2.64. The second-order valence-electron chi connectivity index (χ2n) is 4.50. The Bertz CT molecular complexity index is 756. The molecule has 18 heavy (non-hydrogen) atoms. The molecule has 3 heteroatoms. The molecule has 90 valence electrons. The van der Waals surface area contributed by atoms with Crippen LogP contribution in [-0.4, -0.2) is 11.1 Å². The molecule has 0 radical (unpaired) electrons. The summed E-state index contributed by atoms with van der Waals surface area (Å²) in [6.45, 7) is 2.08. The predicted octanol–water partition coefficient (Wildman–Crippen LogP) is 3.99. The van der Waals surface area contributed by atoms with E-state index in [1.807, 2.05) is 18.2 Å². The molecule has 1 N–H and O–H groups in total. The van der Waals surface area contributed by atoms with Gasteiger partial charge in [0.25, 0.3) is 0 Å². The van der Waals surface area contributed by atoms with Crippen LogP contribution in [0.3, 0.4) is 0 Å². The molecule has 0 aliphatic carbocycles. The molecule has 0 aliphatic rings. The van der Waals surface area contributed by atoms with Crippen molar-refractivity contribution in [2.45, 2.75) is 13.3 Å². The van der Waals surface area contributed by atoms with Crippen molar-refractivity contribution in [3.8, 4) is 0 Å². The van der Waals surface area contributed by atoms with Crippen molar-refractivity contribution in [1.29, 1.82) is 0 Å². The third-order valence-corrected chi connectivity index (χ3v) is 4.16. The molecule has 2 aromatic carbocycles. The summed E-state index contributed by atoms with van der Waals surface area (Å²) in [5.41, 5.74) is 2.11. The van der Waals surface area contributed by atoms with Gasteiger partial charge in [0.1, 0.15) is 0 Å². The zero-order chi connectivity index (χ0) is 12.7. The number of fused-ring (bicyclic) bond motifs is 3. The fourth-order valence-electron chi connectivity index (χ4n) is 2.21. The first kappa shape index (κ1) is 11.2. The maximum atomic E-state index is 10.7. The first-order chi connectivity index (χ1) is 8.63. The summed E-state index contributed by atoms with van der Waals surface area (Å²) in [4.78, 5) is 10.7. The normalized spacial score (nSPS) is 11.2. The van der Waals surface area contributed by atoms with Gasteiger partial charge in [-0.05, 0) is 30.2 Å². The van der Waals surface area contributed by atoms with Gasteiger partial charge in [0.15, 0.2) is 0 Å². The van der Waals surface area contributed by atoms with E-state index in [2.05, 4.69) is 25.1 Å². The average molecular weight is 256 g/mol. The smallest absolute Gasteiger partial charge is 0.307 e. The molecule has 3 aromatic rings. The van der Waals surface area contributed by atoms with Crippen LogP contribution in [-0.2, 0) is 11.2 Å². The van der Waals surface area contributed by atoms with Crippen LogP contribution >= 0.6 is 11.3 Å². The van der Waals surface area contributed by atoms with E-state index in [4.69, 9.17) is 5.11 Å². The Balaban J connectivity index is 2.22. The van der Waals surface area contributed by atoms with Gasteiger partial charge in [-0.25, -0.2) is 0 Å². The molecule has 0 aliphatic heterocycles. The molecule has 1 aromatic heterocycles. The van der Waals surface area contributed by atoms with E-state index in [0.29, 0.717) is 0 Å². The minimum atomic E-state index is -0.786. The highest BCUT2D eigenvalue weighted by Crippen LogP contribution is 2.34. The van der Waals surface area contributed by atoms with E-state index >= 15 is 0 Å². The molecule has 0 unspecified atom stereocenters. The zero-order valence-corrected chi connectivity index (χ0v) is 10.8. The number of rotatable bonds is 2. The minimum Gasteiger partial charge on any atom is -0.481 e. The van der Waals surface area contributed by atoms with Crippen LogP contribution in [0.25, 0.3) is 20.2 Å². The van der Waals surface area contributed by atoms with Crippen molar-refractivity contribution in [1.82, 2.24) is 0 Å². The van der Waals surface area contributed by atoms with Gasteiger partial charge in [-0.3, -0.25) is 4.79 Å². The van der Waals surface area contributed by atoms with Crippen molar-refractivity contribution >= 4 is 37.5 Å². The molecule has 0 spiro atoms. The lowest BCUT2D eigenvalue weighted by molar-refractivity contribution is -0.136. The summed E-state index contributed by atoms with van der Waals surface area (Å²) in [6, 6.07) is 12.4. The number of aliphatic carboxylic acids is 1. The SMILES string of the molecule is Cc1ccc2c(c1)sc1cc(CC(=O)O)ccc12. The first-order valence-electron chi connectivity index (χ1n) is 5.77. The highest BCUT2D eigenvalue weighted by atomic mass is 32.1. The van der Waals surface area contributed by atoms with E-state index < -0.39 is 5.97 Å². The number of hydrogen-bond donors (Lipinski definition) is 1. The molecule has 0 bridgehead atoms. The van der Waals surface area contributed by atoms with Crippen LogP contribution in [0.5, 0.6) is 0 Å². The van der Waals surface area contributed by atoms with Crippen molar-refractivity contribution in [2.75, 3.05) is 0 Å². The molecule has 0 saturated heterocycles. The Hall–Kier alpha value is -1.87. The van der Waals surface area contributed by atoms with E-state index in [9.17, 15) is 4.79 Å². The highest BCUT2D eigenvalue weighted by Gasteiger charge is 2.07. The summed E-state index contributed by atoms with van der Waals surface area (Å²) < 4.78 is 2.42. The van der Waals surface area contributed by atoms with Crippen molar-refractivity contribution < 1.29 is 9.90 Å². The van der Waals surface area contributed by atoms with Crippen LogP contribution < -0.4 is 0 Å². The summed E-state index contributed by atoms with van der Waals surface area (Å²) >= 11 is 1.72. The molecule has 3 rings (SSSR count). The lowest BCUT2D eigenvalue weighted by Gasteiger charge is -1.97. The molecule has 0 atom stereocenters. The van der Waals surface area contributed by atoms with Gasteiger partial charge in [0, 0.05) is 20.2 Å². The molecule has 0 saturated carbocycles. The molecule has 1 heterocycles. The maximum Gasteiger partial charge on any atom is 0.307 e. The first-order valence-corrected chi connectivity index (χ1v) is 6.59. The standard InChI is InChI=1S/C15H12O2S/c1-9-2-4-11-12-5-3-10(8-15(16)17)7-14(12)18-13(11)6-9/h2-7H,8H2,1H3,(H,16,17). The number of thiophene rings is 1. The van der Waals surface area contributed by atoms with E-state index in [0.717, 1.165) is 10.3 Å². The fourth-order valence-corrected chi connectivity index (χ4v) is 3.48. The Morgan fingerprint density at radius 2 is 1.78 bits per heavy atom. The molecular weight excluding hydrogens is 244 g/mol. The Kier molecular flexibility index (Phi) is 2.56. The quantitative estimate of drug-likeness (QED) is 0.752. The summed E-state index contributed by atoms with van der Waals surface area (Å²) in [6.07, 6.45) is 0.0865. The Morgan fingerprint density at radius 3 is 2.50 bits per heavy atom. The number of benzene rings is 2. The van der Waals surface area contributed by atoms with Crippen LogP contribution in [0.2, 0.25) is 0 Å². The minimum absolute atomic E-state index is 0.0865. The van der Waals surface area contributed by atoms with Crippen molar-refractivity contribution in [3.05, 3.63) is 47.5 Å². The van der Waals surface area contributed by atoms with Gasteiger partial charge >= 0.3 is 5.97 Å². The monoisotopic (exact) mass is 256 g/mol. The van der Waals surface area contributed by atoms with Gasteiger partial charge in [-0.2, -0.15) is 0 Å². The van der Waals surface area contributed by atoms with E-state index in [1.54, 1.807) is 11.3 Å². The lowest BCUT2D eigenvalue weighted by atomic mass is 10.1. The van der Waals surface area contributed by atoms with Gasteiger partial charge in [0.2, 0.25) is 0 Å². The number of hydrogen-bond acceptors (Lipinski definition) is 2. The zero-order valence-electron chi connectivity index (χ0n) is 9.93.